The largest absolute Gasteiger partial charge is 0.467 e. The van der Waals surface area contributed by atoms with Crippen LogP contribution in [-0.2, 0) is 16.6 Å². The molecule has 0 unspecified atom stereocenters. The molecule has 0 saturated heterocycles. The van der Waals surface area contributed by atoms with E-state index in [1.54, 1.807) is 29.4 Å². The number of furan rings is 1. The van der Waals surface area contributed by atoms with Crippen molar-refractivity contribution in [3.8, 4) is 0 Å². The average molecular weight is 334 g/mol. The molecule has 122 valence electrons. The van der Waals surface area contributed by atoms with Crippen LogP contribution < -0.4 is 4.72 Å². The van der Waals surface area contributed by atoms with Crippen molar-refractivity contribution in [1.29, 1.82) is 0 Å². The van der Waals surface area contributed by atoms with E-state index in [0.717, 1.165) is 18.6 Å². The Labute approximate surface area is 135 Å². The number of nitrogens with one attached hydrogen (secondary N) is 1. The molecule has 7 heteroatoms. The maximum absolute atomic E-state index is 12.7. The molecular weight excluding hydrogens is 316 g/mol. The van der Waals surface area contributed by atoms with Crippen molar-refractivity contribution in [2.24, 2.45) is 0 Å². The first-order chi connectivity index (χ1) is 11.0. The van der Waals surface area contributed by atoms with Crippen LogP contribution in [-0.4, -0.2) is 32.3 Å². The molecule has 3 rings (SSSR count). The van der Waals surface area contributed by atoms with E-state index in [9.17, 15) is 13.2 Å². The summed E-state index contributed by atoms with van der Waals surface area (Å²) < 4.78 is 31.0. The summed E-state index contributed by atoms with van der Waals surface area (Å²) in [4.78, 5) is 14.6. The van der Waals surface area contributed by atoms with Gasteiger partial charge in [0.05, 0.1) is 17.7 Å². The van der Waals surface area contributed by atoms with Crippen LogP contribution >= 0.6 is 0 Å². The minimum atomic E-state index is -3.50. The molecule has 1 fully saturated rings. The Balaban J connectivity index is 1.80. The lowest BCUT2D eigenvalue weighted by Gasteiger charge is -2.21. The summed E-state index contributed by atoms with van der Waals surface area (Å²) in [6, 6.07) is 9.84. The van der Waals surface area contributed by atoms with Crippen molar-refractivity contribution in [1.82, 2.24) is 9.62 Å². The molecular formula is C16H18N2O4S. The zero-order chi connectivity index (χ0) is 16.4. The van der Waals surface area contributed by atoms with Gasteiger partial charge in [-0.2, -0.15) is 0 Å². The number of sulfonamides is 1. The first-order valence-corrected chi connectivity index (χ1v) is 8.86. The minimum absolute atomic E-state index is 0.114. The van der Waals surface area contributed by atoms with Gasteiger partial charge in [0.15, 0.2) is 0 Å². The van der Waals surface area contributed by atoms with Gasteiger partial charge in [-0.05, 0) is 56.3 Å². The van der Waals surface area contributed by atoms with E-state index in [0.29, 0.717) is 12.1 Å². The number of carbonyl (C=O) groups is 1. The van der Waals surface area contributed by atoms with Crippen LogP contribution in [0.25, 0.3) is 0 Å². The van der Waals surface area contributed by atoms with Gasteiger partial charge in [-0.15, -0.1) is 0 Å². The van der Waals surface area contributed by atoms with E-state index in [2.05, 4.69) is 4.72 Å². The normalized spacial score (nSPS) is 14.7. The van der Waals surface area contributed by atoms with Gasteiger partial charge >= 0.3 is 0 Å². The van der Waals surface area contributed by atoms with Gasteiger partial charge in [0.1, 0.15) is 5.76 Å². The Morgan fingerprint density at radius 2 is 1.96 bits per heavy atom. The van der Waals surface area contributed by atoms with E-state index in [1.165, 1.54) is 19.2 Å². The Hall–Kier alpha value is -2.12. The van der Waals surface area contributed by atoms with Crippen molar-refractivity contribution in [2.45, 2.75) is 30.3 Å². The third kappa shape index (κ3) is 3.46. The van der Waals surface area contributed by atoms with Gasteiger partial charge < -0.3 is 9.32 Å². The van der Waals surface area contributed by atoms with Crippen molar-refractivity contribution < 1.29 is 17.6 Å². The fourth-order valence-electron chi connectivity index (χ4n) is 2.38. The SMILES string of the molecule is CNS(=O)(=O)c1ccc(C(=O)N(Cc2ccco2)C2CC2)cc1. The van der Waals surface area contributed by atoms with Crippen LogP contribution in [0.2, 0.25) is 0 Å². The molecule has 1 aromatic carbocycles. The summed E-state index contributed by atoms with van der Waals surface area (Å²) in [5.41, 5.74) is 0.471. The molecule has 0 radical (unpaired) electrons. The summed E-state index contributed by atoms with van der Waals surface area (Å²) in [7, 11) is -2.14. The van der Waals surface area contributed by atoms with Gasteiger partial charge in [-0.3, -0.25) is 4.79 Å². The molecule has 0 aliphatic heterocycles. The highest BCUT2D eigenvalue weighted by molar-refractivity contribution is 7.89. The summed E-state index contributed by atoms with van der Waals surface area (Å²) in [6.07, 6.45) is 3.56. The topological polar surface area (TPSA) is 79.6 Å². The lowest BCUT2D eigenvalue weighted by atomic mass is 10.2. The molecule has 1 aliphatic rings. The number of benzene rings is 1. The molecule has 0 bridgehead atoms. The number of hydrogen-bond acceptors (Lipinski definition) is 4. The Morgan fingerprint density at radius 3 is 2.48 bits per heavy atom. The highest BCUT2D eigenvalue weighted by atomic mass is 32.2. The number of amides is 1. The average Bonchev–Trinajstić information content (AvgIpc) is 3.28. The predicted molar refractivity (Wildman–Crippen MR) is 84.3 cm³/mol. The molecule has 1 aliphatic carbocycles. The predicted octanol–water partition coefficient (Wildman–Crippen LogP) is 1.99. The molecule has 0 atom stereocenters. The number of carbonyl (C=O) groups excluding carboxylic acids is 1. The zero-order valence-corrected chi connectivity index (χ0v) is 13.5. The van der Waals surface area contributed by atoms with Gasteiger partial charge in [0.2, 0.25) is 10.0 Å². The second kappa shape index (κ2) is 6.17. The summed E-state index contributed by atoms with van der Waals surface area (Å²) in [5, 5.41) is 0. The lowest BCUT2D eigenvalue weighted by molar-refractivity contribution is 0.0717. The third-order valence-corrected chi connectivity index (χ3v) is 5.27. The van der Waals surface area contributed by atoms with E-state index < -0.39 is 10.0 Å². The first kappa shape index (κ1) is 15.8. The van der Waals surface area contributed by atoms with Crippen LogP contribution in [0, 0.1) is 0 Å². The Bertz CT molecular complexity index is 778. The number of nitrogens with zero attached hydrogens (tertiary/aromatic N) is 1. The first-order valence-electron chi connectivity index (χ1n) is 7.38. The van der Waals surface area contributed by atoms with Gasteiger partial charge in [-0.25, -0.2) is 13.1 Å². The molecule has 1 saturated carbocycles. The number of rotatable bonds is 6. The molecule has 1 N–H and O–H groups in total. The van der Waals surface area contributed by atoms with Crippen LogP contribution in [0.15, 0.2) is 52.0 Å². The van der Waals surface area contributed by atoms with Crippen LogP contribution in [0.5, 0.6) is 0 Å². The number of hydrogen-bond donors (Lipinski definition) is 1. The molecule has 1 aromatic heterocycles. The second-order valence-corrected chi connectivity index (χ2v) is 7.36. The minimum Gasteiger partial charge on any atom is -0.467 e. The fourth-order valence-corrected chi connectivity index (χ4v) is 3.11. The molecule has 1 amide bonds. The smallest absolute Gasteiger partial charge is 0.254 e. The second-order valence-electron chi connectivity index (χ2n) is 5.48. The van der Waals surface area contributed by atoms with E-state index >= 15 is 0 Å². The van der Waals surface area contributed by atoms with Crippen molar-refractivity contribution in [3.05, 3.63) is 54.0 Å². The van der Waals surface area contributed by atoms with Crippen LogP contribution in [0.3, 0.4) is 0 Å². The van der Waals surface area contributed by atoms with E-state index in [-0.39, 0.29) is 16.8 Å². The van der Waals surface area contributed by atoms with E-state index in [4.69, 9.17) is 4.42 Å². The zero-order valence-electron chi connectivity index (χ0n) is 12.7. The molecule has 2 aromatic rings. The Morgan fingerprint density at radius 1 is 1.26 bits per heavy atom. The summed E-state index contributed by atoms with van der Waals surface area (Å²) in [6.45, 7) is 0.424. The van der Waals surface area contributed by atoms with E-state index in [1.807, 2.05) is 6.07 Å². The Kier molecular flexibility index (Phi) is 4.23. The standard InChI is InChI=1S/C16H18N2O4S/c1-17-23(20,21)15-8-4-12(5-9-15)16(19)18(13-6-7-13)11-14-3-2-10-22-14/h2-5,8-10,13,17H,6-7,11H2,1H3. The third-order valence-electron chi connectivity index (χ3n) is 3.84. The van der Waals surface area contributed by atoms with Crippen molar-refractivity contribution >= 4 is 15.9 Å². The summed E-state index contributed by atoms with van der Waals surface area (Å²) in [5.74, 6) is 0.622. The summed E-state index contributed by atoms with van der Waals surface area (Å²) >= 11 is 0. The van der Waals surface area contributed by atoms with Gasteiger partial charge in [0.25, 0.3) is 5.91 Å². The maximum Gasteiger partial charge on any atom is 0.254 e. The highest BCUT2D eigenvalue weighted by Gasteiger charge is 2.33. The van der Waals surface area contributed by atoms with Crippen LogP contribution in [0.4, 0.5) is 0 Å². The molecule has 0 spiro atoms. The molecule has 1 heterocycles. The fraction of sp³-hybridized carbons (Fsp3) is 0.312. The van der Waals surface area contributed by atoms with Crippen LogP contribution in [0.1, 0.15) is 29.0 Å². The molecule has 23 heavy (non-hydrogen) atoms. The molecule has 6 nitrogen and oxygen atoms in total. The van der Waals surface area contributed by atoms with Crippen molar-refractivity contribution in [2.75, 3.05) is 7.05 Å². The van der Waals surface area contributed by atoms with Gasteiger partial charge in [0, 0.05) is 11.6 Å². The quantitative estimate of drug-likeness (QED) is 0.876. The maximum atomic E-state index is 12.7. The lowest BCUT2D eigenvalue weighted by Crippen LogP contribution is -2.32. The van der Waals surface area contributed by atoms with Gasteiger partial charge in [-0.1, -0.05) is 0 Å². The van der Waals surface area contributed by atoms with Crippen molar-refractivity contribution in [3.63, 3.8) is 0 Å². The highest BCUT2D eigenvalue weighted by Crippen LogP contribution is 2.30. The monoisotopic (exact) mass is 334 g/mol.